The first kappa shape index (κ1) is 17.0. The number of benzene rings is 1. The number of anilines is 1. The van der Waals surface area contributed by atoms with Crippen molar-refractivity contribution in [3.05, 3.63) is 53.3 Å². The maximum Gasteiger partial charge on any atom is 0.230 e. The molecule has 8 heteroatoms. The number of primary amides is 1. The van der Waals surface area contributed by atoms with Crippen molar-refractivity contribution in [2.75, 3.05) is 25.7 Å². The van der Waals surface area contributed by atoms with Crippen molar-refractivity contribution >= 4 is 22.9 Å². The molecule has 1 aliphatic carbocycles. The molecule has 0 spiro atoms. The van der Waals surface area contributed by atoms with E-state index in [1.54, 1.807) is 0 Å². The van der Waals surface area contributed by atoms with Crippen molar-refractivity contribution in [2.45, 2.75) is 25.2 Å². The fraction of sp³-hybridized carbons (Fsp3) is 0.350. The Kier molecular flexibility index (Phi) is 3.77. The molecule has 28 heavy (non-hydrogen) atoms. The van der Waals surface area contributed by atoms with E-state index in [4.69, 9.17) is 10.3 Å². The van der Waals surface area contributed by atoms with Crippen LogP contribution < -0.4 is 10.6 Å². The lowest BCUT2D eigenvalue weighted by Crippen LogP contribution is -2.37. The number of amides is 1. The molecule has 2 aromatic rings. The van der Waals surface area contributed by atoms with Crippen LogP contribution in [0.5, 0.6) is 0 Å². The molecule has 2 aliphatic heterocycles. The lowest BCUT2D eigenvalue weighted by molar-refractivity contribution is -0.117. The van der Waals surface area contributed by atoms with Gasteiger partial charge in [-0.05, 0) is 30.6 Å². The third-order valence-corrected chi connectivity index (χ3v) is 5.35. The summed E-state index contributed by atoms with van der Waals surface area (Å²) in [5, 5.41) is 8.39. The Morgan fingerprint density at radius 1 is 1.32 bits per heavy atom. The van der Waals surface area contributed by atoms with Gasteiger partial charge in [-0.3, -0.25) is 9.80 Å². The van der Waals surface area contributed by atoms with E-state index in [2.05, 4.69) is 26.1 Å². The van der Waals surface area contributed by atoms with Crippen LogP contribution in [0.25, 0.3) is 11.3 Å². The lowest BCUT2D eigenvalue weighted by atomic mass is 9.95. The fourth-order valence-electron chi connectivity index (χ4n) is 3.83. The minimum Gasteiger partial charge on any atom is -0.369 e. The summed E-state index contributed by atoms with van der Waals surface area (Å²) in [6.07, 6.45) is 4.42. The van der Waals surface area contributed by atoms with E-state index in [-0.39, 0.29) is 12.3 Å². The number of para-hydroxylation sites is 1. The molecule has 0 unspecified atom stereocenters. The molecular formula is C20H22N6O2. The molecule has 0 atom stereocenters. The second-order valence-electron chi connectivity index (χ2n) is 7.61. The summed E-state index contributed by atoms with van der Waals surface area (Å²) in [7, 11) is 3.97. The number of nitrogens with zero attached hydrogens (tertiary/aromatic N) is 5. The summed E-state index contributed by atoms with van der Waals surface area (Å²) < 4.78 is 5.52. The minimum absolute atomic E-state index is 0.184. The summed E-state index contributed by atoms with van der Waals surface area (Å²) in [6, 6.07) is 8.07. The monoisotopic (exact) mass is 378 g/mol. The maximum atomic E-state index is 11.7. The second-order valence-corrected chi connectivity index (χ2v) is 7.61. The van der Waals surface area contributed by atoms with Gasteiger partial charge in [-0.1, -0.05) is 23.4 Å². The van der Waals surface area contributed by atoms with Gasteiger partial charge in [0, 0.05) is 25.6 Å². The highest BCUT2D eigenvalue weighted by Gasteiger charge is 2.38. The van der Waals surface area contributed by atoms with Crippen molar-refractivity contribution in [3.8, 4) is 0 Å². The van der Waals surface area contributed by atoms with Crippen molar-refractivity contribution in [2.24, 2.45) is 5.73 Å². The zero-order valence-electron chi connectivity index (χ0n) is 15.9. The van der Waals surface area contributed by atoms with Gasteiger partial charge < -0.3 is 15.2 Å². The Morgan fingerprint density at radius 3 is 2.82 bits per heavy atom. The van der Waals surface area contributed by atoms with E-state index in [0.29, 0.717) is 24.3 Å². The molecule has 0 bridgehead atoms. The Morgan fingerprint density at radius 2 is 2.11 bits per heavy atom. The average molecular weight is 378 g/mol. The van der Waals surface area contributed by atoms with E-state index in [1.165, 1.54) is 0 Å². The van der Waals surface area contributed by atoms with Crippen LogP contribution in [0, 0.1) is 0 Å². The van der Waals surface area contributed by atoms with Crippen LogP contribution in [0.1, 0.15) is 42.5 Å². The molecule has 1 fully saturated rings. The number of carbonyl (C=O) groups is 1. The SMILES string of the molecule is CN(C)N1CN2C(=C1c1noc(C3CC3)n1)C=C(CC(N)=O)c1ccccc12. The first-order valence-electron chi connectivity index (χ1n) is 9.42. The number of carbonyl (C=O) groups excluding carboxylic acids is 1. The van der Waals surface area contributed by atoms with Crippen LogP contribution >= 0.6 is 0 Å². The number of rotatable bonds is 5. The standard InChI is InChI=1S/C20H22N6O2/c1-24(2)26-11-25-15-6-4-3-5-14(15)13(10-17(21)27)9-16(25)18(26)19-22-20(28-23-19)12-7-8-12/h3-6,9,12H,7-8,10-11H2,1-2H3,(H2,21,27). The fourth-order valence-corrected chi connectivity index (χ4v) is 3.83. The highest BCUT2D eigenvalue weighted by Crippen LogP contribution is 2.45. The average Bonchev–Trinajstić information content (AvgIpc) is 3.27. The predicted octanol–water partition coefficient (Wildman–Crippen LogP) is 2.14. The smallest absolute Gasteiger partial charge is 0.230 e. The topological polar surface area (TPSA) is 91.7 Å². The Labute approximate surface area is 162 Å². The molecule has 3 heterocycles. The first-order chi connectivity index (χ1) is 13.5. The zero-order chi connectivity index (χ0) is 19.4. The highest BCUT2D eigenvalue weighted by atomic mass is 16.5. The largest absolute Gasteiger partial charge is 0.369 e. The number of hydrazine groups is 1. The molecule has 1 aromatic heterocycles. The molecule has 3 aliphatic rings. The minimum atomic E-state index is -0.352. The van der Waals surface area contributed by atoms with Crippen molar-refractivity contribution in [1.29, 1.82) is 0 Å². The van der Waals surface area contributed by atoms with Crippen molar-refractivity contribution in [3.63, 3.8) is 0 Å². The lowest BCUT2D eigenvalue weighted by Gasteiger charge is -2.31. The molecule has 5 rings (SSSR count). The maximum absolute atomic E-state index is 11.7. The normalized spacial score (nSPS) is 18.5. The van der Waals surface area contributed by atoms with Crippen LogP contribution in [-0.4, -0.2) is 46.8 Å². The molecule has 2 N–H and O–H groups in total. The third kappa shape index (κ3) is 2.68. The van der Waals surface area contributed by atoms with Crippen LogP contribution in [0.2, 0.25) is 0 Å². The summed E-state index contributed by atoms with van der Waals surface area (Å²) in [6.45, 7) is 0.627. The molecule has 0 saturated heterocycles. The summed E-state index contributed by atoms with van der Waals surface area (Å²) in [4.78, 5) is 18.6. The van der Waals surface area contributed by atoms with Gasteiger partial charge in [-0.2, -0.15) is 4.98 Å². The van der Waals surface area contributed by atoms with Crippen molar-refractivity contribution in [1.82, 2.24) is 20.2 Å². The number of nitrogens with two attached hydrogens (primary N) is 1. The summed E-state index contributed by atoms with van der Waals surface area (Å²) >= 11 is 0. The van der Waals surface area contributed by atoms with Gasteiger partial charge in [0.05, 0.1) is 17.8 Å². The number of hydrogen-bond donors (Lipinski definition) is 1. The number of fused-ring (bicyclic) bond motifs is 3. The Balaban J connectivity index is 1.68. The number of allylic oxidation sites excluding steroid dienone is 1. The number of hydrogen-bond acceptors (Lipinski definition) is 7. The highest BCUT2D eigenvalue weighted by molar-refractivity contribution is 5.96. The van der Waals surface area contributed by atoms with Crippen LogP contribution in [0.3, 0.4) is 0 Å². The van der Waals surface area contributed by atoms with Gasteiger partial charge >= 0.3 is 0 Å². The van der Waals surface area contributed by atoms with Gasteiger partial charge in [0.25, 0.3) is 0 Å². The molecule has 8 nitrogen and oxygen atoms in total. The van der Waals surface area contributed by atoms with Crippen molar-refractivity contribution < 1.29 is 9.32 Å². The summed E-state index contributed by atoms with van der Waals surface area (Å²) in [5.41, 5.74) is 10.3. The van der Waals surface area contributed by atoms with Gasteiger partial charge in [-0.25, -0.2) is 5.01 Å². The molecule has 1 aromatic carbocycles. The number of aromatic nitrogens is 2. The van der Waals surface area contributed by atoms with Gasteiger partial charge in [0.2, 0.25) is 17.6 Å². The van der Waals surface area contributed by atoms with E-state index < -0.39 is 0 Å². The zero-order valence-corrected chi connectivity index (χ0v) is 15.9. The Hall–Kier alpha value is -3.13. The Bertz CT molecular complexity index is 1020. The van der Waals surface area contributed by atoms with E-state index >= 15 is 0 Å². The van der Waals surface area contributed by atoms with E-state index in [9.17, 15) is 4.79 Å². The predicted molar refractivity (Wildman–Crippen MR) is 104 cm³/mol. The first-order valence-corrected chi connectivity index (χ1v) is 9.42. The van der Waals surface area contributed by atoms with E-state index in [0.717, 1.165) is 41.1 Å². The van der Waals surface area contributed by atoms with Crippen LogP contribution in [0.4, 0.5) is 5.69 Å². The molecule has 1 saturated carbocycles. The summed E-state index contributed by atoms with van der Waals surface area (Å²) in [5.74, 6) is 1.32. The molecule has 1 amide bonds. The van der Waals surface area contributed by atoms with Gasteiger partial charge in [0.15, 0.2) is 0 Å². The quantitative estimate of drug-likeness (QED) is 0.852. The molecular weight excluding hydrogens is 356 g/mol. The van der Waals surface area contributed by atoms with Gasteiger partial charge in [-0.15, -0.1) is 0 Å². The van der Waals surface area contributed by atoms with E-state index in [1.807, 2.05) is 43.4 Å². The van der Waals surface area contributed by atoms with Crippen LogP contribution in [0.15, 0.2) is 40.6 Å². The molecule has 144 valence electrons. The third-order valence-electron chi connectivity index (χ3n) is 5.35. The van der Waals surface area contributed by atoms with Crippen LogP contribution in [-0.2, 0) is 4.79 Å². The molecule has 0 radical (unpaired) electrons. The van der Waals surface area contributed by atoms with Gasteiger partial charge in [0.1, 0.15) is 12.4 Å². The second kappa shape index (κ2) is 6.20.